The summed E-state index contributed by atoms with van der Waals surface area (Å²) in [5, 5.41) is 10.4. The Morgan fingerprint density at radius 3 is 3.00 bits per heavy atom. The molecule has 0 spiro atoms. The van der Waals surface area contributed by atoms with Gasteiger partial charge in [-0.1, -0.05) is 5.16 Å². The van der Waals surface area contributed by atoms with Crippen molar-refractivity contribution in [2.24, 2.45) is 0 Å². The largest absolute Gasteiger partial charge is 0.364 e. The highest BCUT2D eigenvalue weighted by Crippen LogP contribution is 2.18. The molecule has 4 heteroatoms. The molecule has 0 unspecified atom stereocenters. The Morgan fingerprint density at radius 2 is 2.45 bits per heavy atom. The number of hydrogen-bond acceptors (Lipinski definition) is 3. The average Bonchev–Trinajstić information content (AvgIpc) is 2.55. The van der Waals surface area contributed by atoms with Gasteiger partial charge in [0.15, 0.2) is 0 Å². The van der Waals surface area contributed by atoms with Crippen LogP contribution in [0.15, 0.2) is 23.0 Å². The highest BCUT2D eigenvalue weighted by Gasteiger charge is 2.05. The van der Waals surface area contributed by atoms with E-state index in [9.17, 15) is 0 Å². The highest BCUT2D eigenvalue weighted by atomic mass is 16.5. The molecule has 11 heavy (non-hydrogen) atoms. The smallest absolute Gasteiger partial charge is 0.133 e. The molecule has 4 nitrogen and oxygen atoms in total. The maximum absolute atomic E-state index is 4.77. The summed E-state index contributed by atoms with van der Waals surface area (Å²) in [6.45, 7) is 1.89. The van der Waals surface area contributed by atoms with Crippen LogP contribution in [-0.4, -0.2) is 15.4 Å². The standard InChI is InChI=1S/C7H7N3O/c1-5-6(4-11-10-5)7-2-3-8-9-7/h2-4H,1H3,(H,8,9). The third-order valence-corrected chi connectivity index (χ3v) is 1.54. The van der Waals surface area contributed by atoms with Crippen molar-refractivity contribution in [3.63, 3.8) is 0 Å². The third-order valence-electron chi connectivity index (χ3n) is 1.54. The number of hydrogen-bond donors (Lipinski definition) is 1. The average molecular weight is 149 g/mol. The fourth-order valence-corrected chi connectivity index (χ4v) is 0.957. The molecule has 2 aromatic rings. The van der Waals surface area contributed by atoms with Crippen molar-refractivity contribution in [2.75, 3.05) is 0 Å². The normalized spacial score (nSPS) is 10.3. The first-order chi connectivity index (χ1) is 5.38. The quantitative estimate of drug-likeness (QED) is 0.666. The number of nitrogens with one attached hydrogen (secondary N) is 1. The van der Waals surface area contributed by atoms with E-state index >= 15 is 0 Å². The molecular weight excluding hydrogens is 142 g/mol. The second-order valence-electron chi connectivity index (χ2n) is 2.28. The Hall–Kier alpha value is -1.58. The maximum atomic E-state index is 4.77. The molecule has 2 heterocycles. The Bertz CT molecular complexity index is 336. The summed E-state index contributed by atoms with van der Waals surface area (Å²) in [4.78, 5) is 0. The molecule has 0 aliphatic heterocycles. The summed E-state index contributed by atoms with van der Waals surface area (Å²) in [7, 11) is 0. The monoisotopic (exact) mass is 149 g/mol. The molecule has 0 saturated heterocycles. The van der Waals surface area contributed by atoms with E-state index in [1.54, 1.807) is 12.5 Å². The lowest BCUT2D eigenvalue weighted by Crippen LogP contribution is -1.78. The third kappa shape index (κ3) is 0.920. The second kappa shape index (κ2) is 2.23. The lowest BCUT2D eigenvalue weighted by molar-refractivity contribution is 0.415. The van der Waals surface area contributed by atoms with Gasteiger partial charge in [0, 0.05) is 6.20 Å². The Labute approximate surface area is 63.2 Å². The molecule has 0 amide bonds. The van der Waals surface area contributed by atoms with Gasteiger partial charge in [-0.15, -0.1) is 0 Å². The van der Waals surface area contributed by atoms with Gasteiger partial charge in [-0.05, 0) is 13.0 Å². The summed E-state index contributed by atoms with van der Waals surface area (Å²) in [5.74, 6) is 0. The van der Waals surface area contributed by atoms with Gasteiger partial charge in [-0.25, -0.2) is 0 Å². The van der Waals surface area contributed by atoms with Gasteiger partial charge in [-0.3, -0.25) is 5.10 Å². The van der Waals surface area contributed by atoms with Crippen LogP contribution in [-0.2, 0) is 0 Å². The minimum absolute atomic E-state index is 0.870. The SMILES string of the molecule is Cc1nocc1-c1ccn[nH]1. The zero-order chi connectivity index (χ0) is 7.68. The Kier molecular flexibility index (Phi) is 1.25. The molecule has 2 aromatic heterocycles. The second-order valence-corrected chi connectivity index (χ2v) is 2.28. The van der Waals surface area contributed by atoms with Crippen LogP contribution in [0.3, 0.4) is 0 Å². The first-order valence-electron chi connectivity index (χ1n) is 3.28. The molecule has 1 N–H and O–H groups in total. The van der Waals surface area contributed by atoms with Gasteiger partial charge >= 0.3 is 0 Å². The Morgan fingerprint density at radius 1 is 1.55 bits per heavy atom. The fourth-order valence-electron chi connectivity index (χ4n) is 0.957. The number of H-pyrrole nitrogens is 1. The number of nitrogens with zero attached hydrogens (tertiary/aromatic N) is 2. The van der Waals surface area contributed by atoms with Gasteiger partial charge < -0.3 is 4.52 Å². The predicted octanol–water partition coefficient (Wildman–Crippen LogP) is 1.37. The van der Waals surface area contributed by atoms with Crippen LogP contribution in [0.2, 0.25) is 0 Å². The first-order valence-corrected chi connectivity index (χ1v) is 3.28. The number of aromatic amines is 1. The number of rotatable bonds is 1. The van der Waals surface area contributed by atoms with Gasteiger partial charge in [0.05, 0.1) is 17.0 Å². The maximum Gasteiger partial charge on any atom is 0.133 e. The van der Waals surface area contributed by atoms with E-state index in [0.29, 0.717) is 0 Å². The van der Waals surface area contributed by atoms with Crippen LogP contribution in [0.5, 0.6) is 0 Å². The molecule has 0 radical (unpaired) electrons. The van der Waals surface area contributed by atoms with Gasteiger partial charge in [-0.2, -0.15) is 5.10 Å². The van der Waals surface area contributed by atoms with Crippen molar-refractivity contribution < 1.29 is 4.52 Å². The molecule has 0 atom stereocenters. The summed E-state index contributed by atoms with van der Waals surface area (Å²) >= 11 is 0. The summed E-state index contributed by atoms with van der Waals surface area (Å²) in [6, 6.07) is 1.87. The minimum atomic E-state index is 0.870. The van der Waals surface area contributed by atoms with E-state index in [1.165, 1.54) is 0 Å². The van der Waals surface area contributed by atoms with E-state index in [-0.39, 0.29) is 0 Å². The van der Waals surface area contributed by atoms with Crippen molar-refractivity contribution in [2.45, 2.75) is 6.92 Å². The first kappa shape index (κ1) is 6.15. The molecule has 56 valence electrons. The molecular formula is C7H7N3O. The molecule has 0 saturated carbocycles. The van der Waals surface area contributed by atoms with E-state index in [4.69, 9.17) is 4.52 Å². The van der Waals surface area contributed by atoms with Gasteiger partial charge in [0.2, 0.25) is 0 Å². The molecule has 0 aromatic carbocycles. The van der Waals surface area contributed by atoms with Crippen LogP contribution in [0, 0.1) is 6.92 Å². The predicted molar refractivity (Wildman–Crippen MR) is 38.8 cm³/mol. The summed E-state index contributed by atoms with van der Waals surface area (Å²) < 4.78 is 4.77. The highest BCUT2D eigenvalue weighted by molar-refractivity contribution is 5.59. The van der Waals surface area contributed by atoms with Crippen molar-refractivity contribution >= 4 is 0 Å². The van der Waals surface area contributed by atoms with Gasteiger partial charge in [0.25, 0.3) is 0 Å². The van der Waals surface area contributed by atoms with E-state index in [1.807, 2.05) is 13.0 Å². The van der Waals surface area contributed by atoms with Crippen LogP contribution >= 0.6 is 0 Å². The number of aryl methyl sites for hydroxylation is 1. The zero-order valence-electron chi connectivity index (χ0n) is 6.03. The zero-order valence-corrected chi connectivity index (χ0v) is 6.03. The van der Waals surface area contributed by atoms with Crippen molar-refractivity contribution in [1.82, 2.24) is 15.4 Å². The van der Waals surface area contributed by atoms with Crippen LogP contribution < -0.4 is 0 Å². The minimum Gasteiger partial charge on any atom is -0.364 e. The molecule has 0 fully saturated rings. The molecule has 0 aliphatic rings. The number of aromatic nitrogens is 3. The van der Waals surface area contributed by atoms with Crippen molar-refractivity contribution in [3.8, 4) is 11.3 Å². The lowest BCUT2D eigenvalue weighted by Gasteiger charge is -1.88. The molecule has 0 aliphatic carbocycles. The Balaban J connectivity index is 2.53. The molecule has 2 rings (SSSR count). The van der Waals surface area contributed by atoms with Crippen molar-refractivity contribution in [1.29, 1.82) is 0 Å². The van der Waals surface area contributed by atoms with Gasteiger partial charge in [0.1, 0.15) is 6.26 Å². The van der Waals surface area contributed by atoms with E-state index < -0.39 is 0 Å². The topological polar surface area (TPSA) is 54.7 Å². The van der Waals surface area contributed by atoms with E-state index in [0.717, 1.165) is 17.0 Å². The van der Waals surface area contributed by atoms with Crippen molar-refractivity contribution in [3.05, 3.63) is 24.2 Å². The van der Waals surface area contributed by atoms with Crippen LogP contribution in [0.4, 0.5) is 0 Å². The lowest BCUT2D eigenvalue weighted by atomic mass is 10.2. The summed E-state index contributed by atoms with van der Waals surface area (Å²) in [6.07, 6.45) is 3.30. The summed E-state index contributed by atoms with van der Waals surface area (Å²) in [5.41, 5.74) is 2.76. The molecule has 0 bridgehead atoms. The van der Waals surface area contributed by atoms with Crippen LogP contribution in [0.1, 0.15) is 5.69 Å². The van der Waals surface area contributed by atoms with E-state index in [2.05, 4.69) is 15.4 Å². The van der Waals surface area contributed by atoms with Crippen LogP contribution in [0.25, 0.3) is 11.3 Å². The fraction of sp³-hybridized carbons (Fsp3) is 0.143.